The molecule has 0 atom stereocenters. The lowest BCUT2D eigenvalue weighted by atomic mass is 10.0. The second-order valence-corrected chi connectivity index (χ2v) is 4.74. The van der Waals surface area contributed by atoms with E-state index in [1.165, 1.54) is 12.1 Å². The number of hydrogen-bond acceptors (Lipinski definition) is 3. The molecule has 21 heavy (non-hydrogen) atoms. The Hall–Kier alpha value is -1.98. The van der Waals surface area contributed by atoms with E-state index in [1.807, 2.05) is 13.8 Å². The summed E-state index contributed by atoms with van der Waals surface area (Å²) in [5.74, 6) is 0.569. The Morgan fingerprint density at radius 1 is 1.24 bits per heavy atom. The topological polar surface area (TPSA) is 48.1 Å². The van der Waals surface area contributed by atoms with Gasteiger partial charge < -0.3 is 10.5 Å². The van der Waals surface area contributed by atoms with E-state index in [-0.39, 0.29) is 16.7 Å². The van der Waals surface area contributed by atoms with E-state index in [0.29, 0.717) is 24.3 Å². The molecule has 2 aromatic rings. The third kappa shape index (κ3) is 3.04. The van der Waals surface area contributed by atoms with Crippen molar-refractivity contribution in [1.29, 1.82) is 0 Å². The summed E-state index contributed by atoms with van der Waals surface area (Å²) in [6, 6.07) is 3.79. The van der Waals surface area contributed by atoms with Crippen LogP contribution in [0.15, 0.2) is 18.2 Å². The molecule has 114 valence electrons. The molecule has 1 aromatic carbocycles. The third-order valence-electron chi connectivity index (χ3n) is 3.21. The normalized spacial score (nSPS) is 11.9. The van der Waals surface area contributed by atoms with Crippen LogP contribution in [0.25, 0.3) is 10.9 Å². The maximum atomic E-state index is 13.1. The first-order valence-electron chi connectivity index (χ1n) is 6.80. The van der Waals surface area contributed by atoms with Gasteiger partial charge in [-0.3, -0.25) is 0 Å². The second-order valence-electron chi connectivity index (χ2n) is 4.74. The number of halogens is 3. The maximum absolute atomic E-state index is 13.1. The number of alkyl halides is 3. The van der Waals surface area contributed by atoms with Gasteiger partial charge in [0.15, 0.2) is 0 Å². The minimum atomic E-state index is -4.44. The first-order chi connectivity index (χ1) is 9.88. The van der Waals surface area contributed by atoms with Gasteiger partial charge in [-0.2, -0.15) is 13.2 Å². The van der Waals surface area contributed by atoms with Gasteiger partial charge in [0.05, 0.1) is 12.2 Å². The average Bonchev–Trinajstić information content (AvgIpc) is 2.42. The number of nitrogens with two attached hydrogens (primary N) is 1. The highest BCUT2D eigenvalue weighted by Crippen LogP contribution is 2.38. The Morgan fingerprint density at radius 3 is 2.52 bits per heavy atom. The van der Waals surface area contributed by atoms with E-state index < -0.39 is 11.7 Å². The Kier molecular flexibility index (Phi) is 4.25. The van der Waals surface area contributed by atoms with Crippen LogP contribution in [0.5, 0.6) is 5.75 Å². The zero-order valence-corrected chi connectivity index (χ0v) is 11.9. The molecule has 3 nitrogen and oxygen atoms in total. The number of nitrogen functional groups attached to an aromatic ring is 1. The Morgan fingerprint density at radius 2 is 1.95 bits per heavy atom. The smallest absolute Gasteiger partial charge is 0.417 e. The highest BCUT2D eigenvalue weighted by atomic mass is 19.4. The number of nitrogens with zero attached hydrogens (tertiary/aromatic N) is 1. The van der Waals surface area contributed by atoms with Crippen LogP contribution >= 0.6 is 0 Å². The molecule has 1 heterocycles. The fourth-order valence-corrected chi connectivity index (χ4v) is 2.15. The molecule has 0 saturated carbocycles. The first kappa shape index (κ1) is 15.4. The number of hydrogen-bond donors (Lipinski definition) is 1. The lowest BCUT2D eigenvalue weighted by Crippen LogP contribution is -2.08. The number of anilines is 1. The SMILES string of the molecule is CCCOc1ccc(C(F)(F)F)c2cc(CC)c(N)nc12. The minimum absolute atomic E-state index is 0.0298. The zero-order chi connectivity index (χ0) is 15.6. The second kappa shape index (κ2) is 5.79. The molecule has 0 unspecified atom stereocenters. The summed E-state index contributed by atoms with van der Waals surface area (Å²) >= 11 is 0. The van der Waals surface area contributed by atoms with Crippen molar-refractivity contribution < 1.29 is 17.9 Å². The quantitative estimate of drug-likeness (QED) is 0.920. The van der Waals surface area contributed by atoms with E-state index in [4.69, 9.17) is 10.5 Å². The van der Waals surface area contributed by atoms with Crippen LogP contribution in [0.3, 0.4) is 0 Å². The molecule has 0 aliphatic heterocycles. The fourth-order valence-electron chi connectivity index (χ4n) is 2.15. The lowest BCUT2D eigenvalue weighted by Gasteiger charge is -2.15. The van der Waals surface area contributed by atoms with Gasteiger partial charge >= 0.3 is 6.18 Å². The third-order valence-corrected chi connectivity index (χ3v) is 3.21. The van der Waals surface area contributed by atoms with Gasteiger partial charge in [-0.05, 0) is 36.6 Å². The summed E-state index contributed by atoms with van der Waals surface area (Å²) < 4.78 is 44.9. The maximum Gasteiger partial charge on any atom is 0.417 e. The molecule has 0 fully saturated rings. The van der Waals surface area contributed by atoms with Crippen molar-refractivity contribution in [1.82, 2.24) is 4.98 Å². The van der Waals surface area contributed by atoms with Crippen molar-refractivity contribution in [2.24, 2.45) is 0 Å². The molecule has 2 N–H and O–H groups in total. The monoisotopic (exact) mass is 298 g/mol. The van der Waals surface area contributed by atoms with Crippen LogP contribution in [-0.4, -0.2) is 11.6 Å². The van der Waals surface area contributed by atoms with E-state index in [2.05, 4.69) is 4.98 Å². The molecule has 0 aliphatic rings. The zero-order valence-electron chi connectivity index (χ0n) is 11.9. The van der Waals surface area contributed by atoms with Crippen LogP contribution < -0.4 is 10.5 Å². The van der Waals surface area contributed by atoms with Gasteiger partial charge in [-0.1, -0.05) is 13.8 Å². The predicted molar refractivity (Wildman–Crippen MR) is 76.3 cm³/mol. The molecule has 0 radical (unpaired) electrons. The number of aryl methyl sites for hydroxylation is 1. The summed E-state index contributed by atoms with van der Waals surface area (Å²) in [7, 11) is 0. The summed E-state index contributed by atoms with van der Waals surface area (Å²) in [4.78, 5) is 4.13. The van der Waals surface area contributed by atoms with Gasteiger partial charge in [0, 0.05) is 5.39 Å². The Labute approximate surface area is 120 Å². The van der Waals surface area contributed by atoms with E-state index in [1.54, 1.807) is 0 Å². The van der Waals surface area contributed by atoms with E-state index in [9.17, 15) is 13.2 Å². The highest BCUT2D eigenvalue weighted by Gasteiger charge is 2.33. The van der Waals surface area contributed by atoms with Gasteiger partial charge in [0.2, 0.25) is 0 Å². The van der Waals surface area contributed by atoms with Crippen molar-refractivity contribution >= 4 is 16.7 Å². The number of rotatable bonds is 4. The van der Waals surface area contributed by atoms with Gasteiger partial charge in [0.25, 0.3) is 0 Å². The molecule has 2 rings (SSSR count). The molecule has 1 aromatic heterocycles. The largest absolute Gasteiger partial charge is 0.491 e. The van der Waals surface area contributed by atoms with Gasteiger partial charge in [-0.15, -0.1) is 0 Å². The average molecular weight is 298 g/mol. The predicted octanol–water partition coefficient (Wildman–Crippen LogP) is 4.19. The first-order valence-corrected chi connectivity index (χ1v) is 6.80. The summed E-state index contributed by atoms with van der Waals surface area (Å²) in [5, 5.41) is 0.0298. The van der Waals surface area contributed by atoms with Gasteiger partial charge in [0.1, 0.15) is 17.1 Å². The summed E-state index contributed by atoms with van der Waals surface area (Å²) in [5.41, 5.74) is 5.84. The van der Waals surface area contributed by atoms with Crippen molar-refractivity contribution in [2.75, 3.05) is 12.3 Å². The Bertz CT molecular complexity index is 653. The summed E-state index contributed by atoms with van der Waals surface area (Å²) in [6.07, 6.45) is -3.17. The van der Waals surface area contributed by atoms with Crippen LogP contribution in [-0.2, 0) is 12.6 Å². The lowest BCUT2D eigenvalue weighted by molar-refractivity contribution is -0.136. The standard InChI is InChI=1S/C15H17F3N2O/c1-3-7-21-12-6-5-11(15(16,17)18)10-8-9(4-2)14(19)20-13(10)12/h5-6,8H,3-4,7H2,1-2H3,(H2,19,20). The van der Waals surface area contributed by atoms with Crippen molar-refractivity contribution in [3.63, 3.8) is 0 Å². The Balaban J connectivity index is 2.73. The molecule has 0 saturated heterocycles. The van der Waals surface area contributed by atoms with Crippen LogP contribution in [0.1, 0.15) is 31.4 Å². The number of fused-ring (bicyclic) bond motifs is 1. The molecular weight excluding hydrogens is 281 g/mol. The van der Waals surface area contributed by atoms with E-state index >= 15 is 0 Å². The van der Waals surface area contributed by atoms with Crippen molar-refractivity contribution in [3.8, 4) is 5.75 Å². The van der Waals surface area contributed by atoms with Crippen molar-refractivity contribution in [3.05, 3.63) is 29.3 Å². The van der Waals surface area contributed by atoms with Crippen LogP contribution in [0.4, 0.5) is 19.0 Å². The molecule has 0 spiro atoms. The molecule has 0 amide bonds. The molecule has 0 aliphatic carbocycles. The molecule has 6 heteroatoms. The summed E-state index contributed by atoms with van der Waals surface area (Å²) in [6.45, 7) is 4.16. The van der Waals surface area contributed by atoms with Crippen molar-refractivity contribution in [2.45, 2.75) is 32.9 Å². The molecule has 0 bridgehead atoms. The number of ether oxygens (including phenoxy) is 1. The van der Waals surface area contributed by atoms with Gasteiger partial charge in [-0.25, -0.2) is 4.98 Å². The van der Waals surface area contributed by atoms with Crippen LogP contribution in [0, 0.1) is 0 Å². The van der Waals surface area contributed by atoms with Crippen LogP contribution in [0.2, 0.25) is 0 Å². The highest BCUT2D eigenvalue weighted by molar-refractivity contribution is 5.90. The number of aromatic nitrogens is 1. The number of pyridine rings is 1. The fraction of sp³-hybridized carbons (Fsp3) is 0.400. The number of benzene rings is 1. The van der Waals surface area contributed by atoms with E-state index in [0.717, 1.165) is 12.5 Å². The molecular formula is C15H17F3N2O. The minimum Gasteiger partial charge on any atom is -0.491 e.